The Morgan fingerprint density at radius 3 is 1.97 bits per heavy atom. The third-order valence-corrected chi connectivity index (χ3v) is 11.4. The van der Waals surface area contributed by atoms with Gasteiger partial charge in [0.1, 0.15) is 4.71 Å². The van der Waals surface area contributed by atoms with Crippen molar-refractivity contribution < 1.29 is 14.3 Å². The molecule has 0 unspecified atom stereocenters. The van der Waals surface area contributed by atoms with Crippen LogP contribution in [0.25, 0.3) is 0 Å². The van der Waals surface area contributed by atoms with E-state index in [2.05, 4.69) is 38.7 Å². The molecule has 168 valence electrons. The standard InChI is InChI=1S/C22H33NO3S4/c1-5-9-27-21(28-10-6-2)23-17-14-19-18(25-15-26-19)13-16(17)22(20(23)24,29-11-7-3)30-12-8-4/h13-14,21H,5-12,15H2,1-4H3. The summed E-state index contributed by atoms with van der Waals surface area (Å²) < 4.78 is 10.9. The molecule has 0 saturated heterocycles. The predicted molar refractivity (Wildman–Crippen MR) is 137 cm³/mol. The number of fused-ring (bicyclic) bond motifs is 2. The second kappa shape index (κ2) is 11.5. The van der Waals surface area contributed by atoms with Crippen LogP contribution in [0.5, 0.6) is 11.5 Å². The molecule has 0 aliphatic carbocycles. The first-order valence-electron chi connectivity index (χ1n) is 10.9. The van der Waals surface area contributed by atoms with Crippen LogP contribution in [0, 0.1) is 0 Å². The fourth-order valence-electron chi connectivity index (χ4n) is 3.43. The van der Waals surface area contributed by atoms with Crippen molar-refractivity contribution in [2.45, 2.75) is 62.2 Å². The van der Waals surface area contributed by atoms with Crippen molar-refractivity contribution >= 4 is 58.6 Å². The van der Waals surface area contributed by atoms with Gasteiger partial charge in [0, 0.05) is 11.6 Å². The first-order chi connectivity index (χ1) is 14.6. The average Bonchev–Trinajstić information content (AvgIpc) is 3.30. The number of thioether (sulfide) groups is 4. The summed E-state index contributed by atoms with van der Waals surface area (Å²) in [6.45, 7) is 9.01. The molecular weight excluding hydrogens is 455 g/mol. The monoisotopic (exact) mass is 487 g/mol. The van der Waals surface area contributed by atoms with E-state index in [0.29, 0.717) is 0 Å². The molecule has 0 aromatic heterocycles. The molecule has 4 nitrogen and oxygen atoms in total. The van der Waals surface area contributed by atoms with Crippen LogP contribution in [0.15, 0.2) is 12.1 Å². The van der Waals surface area contributed by atoms with Gasteiger partial charge >= 0.3 is 0 Å². The molecule has 3 rings (SSSR count). The van der Waals surface area contributed by atoms with E-state index < -0.39 is 4.08 Å². The number of benzene rings is 1. The highest BCUT2D eigenvalue weighted by atomic mass is 32.2. The SMILES string of the molecule is CCCSC(SCCC)N1C(=O)C(SCCC)(SCCC)c2cc3c(cc21)OCO3. The lowest BCUT2D eigenvalue weighted by Gasteiger charge is -2.31. The number of ether oxygens (including phenoxy) is 2. The summed E-state index contributed by atoms with van der Waals surface area (Å²) in [6, 6.07) is 4.12. The molecule has 8 heteroatoms. The number of rotatable bonds is 13. The number of amides is 1. The van der Waals surface area contributed by atoms with Crippen LogP contribution in [0.3, 0.4) is 0 Å². The van der Waals surface area contributed by atoms with Gasteiger partial charge in [-0.15, -0.1) is 47.0 Å². The topological polar surface area (TPSA) is 38.8 Å². The Balaban J connectivity index is 2.09. The molecule has 2 aliphatic heterocycles. The molecule has 0 atom stereocenters. The minimum absolute atomic E-state index is 0.0860. The maximum Gasteiger partial charge on any atom is 0.259 e. The van der Waals surface area contributed by atoms with Gasteiger partial charge in [0.05, 0.1) is 5.69 Å². The highest BCUT2D eigenvalue weighted by Gasteiger charge is 2.54. The van der Waals surface area contributed by atoms with E-state index in [1.807, 2.05) is 29.6 Å². The van der Waals surface area contributed by atoms with Crippen LogP contribution >= 0.6 is 47.0 Å². The lowest BCUT2D eigenvalue weighted by Crippen LogP contribution is -2.40. The number of carbonyl (C=O) groups is 1. The van der Waals surface area contributed by atoms with Gasteiger partial charge in [-0.3, -0.25) is 9.69 Å². The van der Waals surface area contributed by atoms with E-state index in [0.717, 1.165) is 71.4 Å². The Kier molecular flexibility index (Phi) is 9.35. The first kappa shape index (κ1) is 24.3. The van der Waals surface area contributed by atoms with Crippen LogP contribution in [0.1, 0.15) is 58.9 Å². The third-order valence-electron chi connectivity index (χ3n) is 4.76. The van der Waals surface area contributed by atoms with E-state index in [1.165, 1.54) is 0 Å². The van der Waals surface area contributed by atoms with Crippen LogP contribution in [0.4, 0.5) is 5.69 Å². The molecule has 1 amide bonds. The number of nitrogens with zero attached hydrogens (tertiary/aromatic N) is 1. The molecule has 0 spiro atoms. The first-order valence-corrected chi connectivity index (χ1v) is 15.0. The van der Waals surface area contributed by atoms with Gasteiger partial charge in [-0.05, 0) is 54.8 Å². The summed E-state index contributed by atoms with van der Waals surface area (Å²) in [4.78, 5) is 16.2. The summed E-state index contributed by atoms with van der Waals surface area (Å²) in [6.07, 6.45) is 4.30. The van der Waals surface area contributed by atoms with Crippen molar-refractivity contribution in [1.29, 1.82) is 0 Å². The smallest absolute Gasteiger partial charge is 0.259 e. The maximum absolute atomic E-state index is 14.2. The number of carbonyl (C=O) groups excluding carboxylic acids is 1. The Morgan fingerprint density at radius 1 is 0.900 bits per heavy atom. The summed E-state index contributed by atoms with van der Waals surface area (Å²) in [5.41, 5.74) is 2.10. The minimum Gasteiger partial charge on any atom is -0.454 e. The zero-order valence-corrected chi connectivity index (χ0v) is 21.7. The van der Waals surface area contributed by atoms with Crippen molar-refractivity contribution in [3.05, 3.63) is 17.7 Å². The summed E-state index contributed by atoms with van der Waals surface area (Å²) >= 11 is 7.36. The molecule has 0 fully saturated rings. The molecule has 30 heavy (non-hydrogen) atoms. The van der Waals surface area contributed by atoms with Crippen LogP contribution < -0.4 is 14.4 Å². The highest BCUT2D eigenvalue weighted by Crippen LogP contribution is 2.60. The molecule has 1 aromatic rings. The van der Waals surface area contributed by atoms with Gasteiger partial charge in [0.25, 0.3) is 5.91 Å². The molecule has 0 radical (unpaired) electrons. The molecule has 1 aromatic carbocycles. The summed E-state index contributed by atoms with van der Waals surface area (Å²) in [7, 11) is 0. The molecule has 0 N–H and O–H groups in total. The molecule has 2 heterocycles. The largest absolute Gasteiger partial charge is 0.454 e. The van der Waals surface area contributed by atoms with Crippen LogP contribution in [0.2, 0.25) is 0 Å². The van der Waals surface area contributed by atoms with Crippen LogP contribution in [-0.2, 0) is 8.87 Å². The van der Waals surface area contributed by atoms with Gasteiger partial charge in [-0.25, -0.2) is 0 Å². The van der Waals surface area contributed by atoms with Gasteiger partial charge < -0.3 is 9.47 Å². The number of hydrogen-bond acceptors (Lipinski definition) is 7. The van der Waals surface area contributed by atoms with Gasteiger partial charge in [-0.2, -0.15) is 0 Å². The zero-order chi connectivity index (χ0) is 21.6. The van der Waals surface area contributed by atoms with Crippen molar-refractivity contribution in [3.63, 3.8) is 0 Å². The fraction of sp³-hybridized carbons (Fsp3) is 0.682. The normalized spacial score (nSPS) is 16.6. The Morgan fingerprint density at radius 2 is 1.43 bits per heavy atom. The molecule has 2 aliphatic rings. The highest BCUT2D eigenvalue weighted by molar-refractivity contribution is 8.19. The number of anilines is 1. The molecule has 0 bridgehead atoms. The lowest BCUT2D eigenvalue weighted by molar-refractivity contribution is -0.118. The summed E-state index contributed by atoms with van der Waals surface area (Å²) in [5, 5.41) is 0. The Bertz CT molecular complexity index is 715. The quantitative estimate of drug-likeness (QED) is 0.284. The van der Waals surface area contributed by atoms with E-state index in [1.54, 1.807) is 23.5 Å². The maximum atomic E-state index is 14.2. The fourth-order valence-corrected chi connectivity index (χ4v) is 8.89. The van der Waals surface area contributed by atoms with E-state index in [9.17, 15) is 4.79 Å². The second-order valence-electron chi connectivity index (χ2n) is 7.26. The van der Waals surface area contributed by atoms with Crippen LogP contribution in [-0.4, -0.2) is 40.4 Å². The average molecular weight is 488 g/mol. The van der Waals surface area contributed by atoms with E-state index in [-0.39, 0.29) is 17.4 Å². The van der Waals surface area contributed by atoms with E-state index >= 15 is 0 Å². The predicted octanol–water partition coefficient (Wildman–Crippen LogP) is 6.77. The van der Waals surface area contributed by atoms with Crippen molar-refractivity contribution in [3.8, 4) is 11.5 Å². The van der Waals surface area contributed by atoms with Crippen molar-refractivity contribution in [1.82, 2.24) is 0 Å². The van der Waals surface area contributed by atoms with E-state index in [4.69, 9.17) is 9.47 Å². The minimum atomic E-state index is -0.597. The zero-order valence-electron chi connectivity index (χ0n) is 18.4. The summed E-state index contributed by atoms with van der Waals surface area (Å²) in [5.74, 6) is 5.74. The van der Waals surface area contributed by atoms with Gasteiger partial charge in [-0.1, -0.05) is 27.7 Å². The Labute approximate surface area is 198 Å². The van der Waals surface area contributed by atoms with Gasteiger partial charge in [0.2, 0.25) is 6.79 Å². The number of hydrogen-bond donors (Lipinski definition) is 0. The van der Waals surface area contributed by atoms with Gasteiger partial charge in [0.15, 0.2) is 15.6 Å². The third kappa shape index (κ3) is 4.86. The lowest BCUT2D eigenvalue weighted by atomic mass is 10.1. The van der Waals surface area contributed by atoms with Crippen molar-refractivity contribution in [2.24, 2.45) is 0 Å². The van der Waals surface area contributed by atoms with Crippen molar-refractivity contribution in [2.75, 3.05) is 34.7 Å². The molecule has 0 saturated carbocycles. The molecular formula is C22H33NO3S4. The second-order valence-corrected chi connectivity index (χ2v) is 12.8. The Hall–Kier alpha value is -0.310.